The molecule has 152 valence electrons. The van der Waals surface area contributed by atoms with E-state index in [0.29, 0.717) is 23.1 Å². The summed E-state index contributed by atoms with van der Waals surface area (Å²) in [7, 11) is 0. The normalized spacial score (nSPS) is 10.9. The molecule has 1 N–H and O–H groups in total. The van der Waals surface area contributed by atoms with Crippen LogP contribution in [0.2, 0.25) is 10.0 Å². The largest absolute Gasteiger partial charge is 0.481 e. The van der Waals surface area contributed by atoms with Crippen molar-refractivity contribution in [2.75, 3.05) is 17.7 Å². The number of rotatable bonds is 9. The highest BCUT2D eigenvalue weighted by Crippen LogP contribution is 2.37. The number of aliphatic carboxylic acids is 1. The molecule has 0 spiro atoms. The number of hydrogen-bond donors (Lipinski definition) is 1. The van der Waals surface area contributed by atoms with Crippen molar-refractivity contribution < 1.29 is 9.90 Å². The Morgan fingerprint density at radius 2 is 1.93 bits per heavy atom. The van der Waals surface area contributed by atoms with Crippen LogP contribution in [0.1, 0.15) is 16.9 Å². The first-order chi connectivity index (χ1) is 14.0. The molecular formula is C21H20Cl2N2O2S2. The number of thioether (sulfide) groups is 1. The summed E-state index contributed by atoms with van der Waals surface area (Å²) in [5, 5.41) is 11.0. The van der Waals surface area contributed by atoms with Gasteiger partial charge in [-0.05, 0) is 24.0 Å². The van der Waals surface area contributed by atoms with Gasteiger partial charge >= 0.3 is 5.97 Å². The molecule has 0 saturated carbocycles. The summed E-state index contributed by atoms with van der Waals surface area (Å²) in [5.41, 5.74) is 2.88. The van der Waals surface area contributed by atoms with E-state index < -0.39 is 5.97 Å². The Bertz CT molecular complexity index is 980. The molecule has 3 rings (SSSR count). The fourth-order valence-corrected chi connectivity index (χ4v) is 5.04. The predicted octanol–water partition coefficient (Wildman–Crippen LogP) is 6.46. The lowest BCUT2D eigenvalue weighted by molar-refractivity contribution is -0.136. The Morgan fingerprint density at radius 1 is 1.17 bits per heavy atom. The van der Waals surface area contributed by atoms with Crippen LogP contribution in [-0.2, 0) is 17.1 Å². The van der Waals surface area contributed by atoms with Crippen LogP contribution >= 0.6 is 46.3 Å². The SMILES string of the molecule is CSCc1sc(N(CCC(=O)O)Cc2ccccc2)nc1-c1ccc(Cl)c(Cl)c1. The smallest absolute Gasteiger partial charge is 0.305 e. The minimum Gasteiger partial charge on any atom is -0.481 e. The number of nitrogens with zero attached hydrogens (tertiary/aromatic N) is 2. The summed E-state index contributed by atoms with van der Waals surface area (Å²) >= 11 is 15.6. The summed E-state index contributed by atoms with van der Waals surface area (Å²) in [5.74, 6) is -0.0144. The van der Waals surface area contributed by atoms with Crippen LogP contribution in [0.4, 0.5) is 5.13 Å². The number of carboxylic acids is 1. The third-order valence-electron chi connectivity index (χ3n) is 4.24. The number of thiazole rings is 1. The lowest BCUT2D eigenvalue weighted by atomic mass is 10.1. The van der Waals surface area contributed by atoms with Gasteiger partial charge in [0.2, 0.25) is 0 Å². The van der Waals surface area contributed by atoms with Crippen molar-refractivity contribution in [1.82, 2.24) is 4.98 Å². The fourth-order valence-electron chi connectivity index (χ4n) is 2.85. The van der Waals surface area contributed by atoms with E-state index in [2.05, 4.69) is 0 Å². The first kappa shape index (κ1) is 22.0. The van der Waals surface area contributed by atoms with E-state index in [1.165, 1.54) is 0 Å². The van der Waals surface area contributed by atoms with Crippen LogP contribution in [0, 0.1) is 0 Å². The molecule has 29 heavy (non-hydrogen) atoms. The number of anilines is 1. The molecule has 0 bridgehead atoms. The Morgan fingerprint density at radius 3 is 2.59 bits per heavy atom. The number of carboxylic acid groups (broad SMARTS) is 1. The van der Waals surface area contributed by atoms with Crippen LogP contribution in [0.5, 0.6) is 0 Å². The summed E-state index contributed by atoms with van der Waals surface area (Å²) in [6.45, 7) is 0.985. The summed E-state index contributed by atoms with van der Waals surface area (Å²) < 4.78 is 0. The third-order valence-corrected chi connectivity index (χ3v) is 6.85. The van der Waals surface area contributed by atoms with Crippen molar-refractivity contribution >= 4 is 57.4 Å². The maximum atomic E-state index is 11.2. The van der Waals surface area contributed by atoms with E-state index in [-0.39, 0.29) is 6.42 Å². The maximum Gasteiger partial charge on any atom is 0.305 e. The van der Waals surface area contributed by atoms with Gasteiger partial charge < -0.3 is 10.0 Å². The van der Waals surface area contributed by atoms with E-state index in [1.54, 1.807) is 29.2 Å². The minimum absolute atomic E-state index is 0.0480. The highest BCUT2D eigenvalue weighted by atomic mass is 35.5. The first-order valence-corrected chi connectivity index (χ1v) is 11.9. The molecule has 0 aliphatic carbocycles. The van der Waals surface area contributed by atoms with Gasteiger partial charge in [-0.1, -0.05) is 59.6 Å². The summed E-state index contributed by atoms with van der Waals surface area (Å²) in [6, 6.07) is 15.5. The van der Waals surface area contributed by atoms with E-state index in [0.717, 1.165) is 32.6 Å². The van der Waals surface area contributed by atoms with Gasteiger partial charge in [0, 0.05) is 29.3 Å². The number of aromatic nitrogens is 1. The summed E-state index contributed by atoms with van der Waals surface area (Å²) in [6.07, 6.45) is 2.09. The molecule has 4 nitrogen and oxygen atoms in total. The highest BCUT2D eigenvalue weighted by molar-refractivity contribution is 7.97. The van der Waals surface area contributed by atoms with Gasteiger partial charge in [-0.15, -0.1) is 11.3 Å². The van der Waals surface area contributed by atoms with E-state index in [9.17, 15) is 9.90 Å². The minimum atomic E-state index is -0.825. The molecule has 0 unspecified atom stereocenters. The quantitative estimate of drug-likeness (QED) is 0.391. The Kier molecular flexibility index (Phi) is 7.84. The van der Waals surface area contributed by atoms with Gasteiger partial charge in [-0.2, -0.15) is 11.8 Å². The molecule has 0 saturated heterocycles. The lowest BCUT2D eigenvalue weighted by Crippen LogP contribution is -2.25. The second-order valence-electron chi connectivity index (χ2n) is 6.38. The molecule has 0 atom stereocenters. The van der Waals surface area contributed by atoms with Crippen molar-refractivity contribution in [2.24, 2.45) is 0 Å². The van der Waals surface area contributed by atoms with Gasteiger partial charge in [-0.3, -0.25) is 4.79 Å². The van der Waals surface area contributed by atoms with Crippen LogP contribution < -0.4 is 4.90 Å². The standard InChI is InChI=1S/C21H20Cl2N2O2S2/c1-28-13-18-20(15-7-8-16(22)17(23)11-15)24-21(29-18)25(10-9-19(26)27)12-14-5-3-2-4-6-14/h2-8,11H,9-10,12-13H2,1H3,(H,26,27). The number of carbonyl (C=O) groups is 1. The zero-order valence-corrected chi connectivity index (χ0v) is 18.9. The monoisotopic (exact) mass is 466 g/mol. The van der Waals surface area contributed by atoms with Crippen LogP contribution in [-0.4, -0.2) is 28.9 Å². The fraction of sp³-hybridized carbons (Fsp3) is 0.238. The number of halogens is 2. The van der Waals surface area contributed by atoms with Crippen molar-refractivity contribution in [2.45, 2.75) is 18.7 Å². The van der Waals surface area contributed by atoms with Gasteiger partial charge in [0.1, 0.15) is 0 Å². The van der Waals surface area contributed by atoms with Gasteiger partial charge in [0.25, 0.3) is 0 Å². The topological polar surface area (TPSA) is 53.4 Å². The Hall–Kier alpha value is -1.73. The molecule has 0 aliphatic rings. The Balaban J connectivity index is 1.98. The number of hydrogen-bond acceptors (Lipinski definition) is 5. The predicted molar refractivity (Wildman–Crippen MR) is 125 cm³/mol. The molecule has 8 heteroatoms. The highest BCUT2D eigenvalue weighted by Gasteiger charge is 2.19. The molecule has 1 heterocycles. The zero-order valence-electron chi connectivity index (χ0n) is 15.8. The molecule has 2 aromatic carbocycles. The lowest BCUT2D eigenvalue weighted by Gasteiger charge is -2.21. The van der Waals surface area contributed by atoms with E-state index in [1.807, 2.05) is 53.6 Å². The first-order valence-electron chi connectivity index (χ1n) is 8.92. The van der Waals surface area contributed by atoms with Crippen molar-refractivity contribution in [3.05, 3.63) is 69.0 Å². The van der Waals surface area contributed by atoms with Crippen LogP contribution in [0.15, 0.2) is 48.5 Å². The molecule has 0 aliphatic heterocycles. The maximum absolute atomic E-state index is 11.2. The number of benzene rings is 2. The van der Waals surface area contributed by atoms with Crippen LogP contribution in [0.3, 0.4) is 0 Å². The average Bonchev–Trinajstić information content (AvgIpc) is 3.12. The van der Waals surface area contributed by atoms with Gasteiger partial charge in [0.15, 0.2) is 5.13 Å². The zero-order chi connectivity index (χ0) is 20.8. The second-order valence-corrected chi connectivity index (χ2v) is 9.12. The van der Waals surface area contributed by atoms with Crippen molar-refractivity contribution in [3.8, 4) is 11.3 Å². The molecule has 0 amide bonds. The second kappa shape index (κ2) is 10.3. The third kappa shape index (κ3) is 5.89. The van der Waals surface area contributed by atoms with E-state index in [4.69, 9.17) is 28.2 Å². The molecule has 0 fully saturated rings. The van der Waals surface area contributed by atoms with Crippen molar-refractivity contribution in [3.63, 3.8) is 0 Å². The molecule has 0 radical (unpaired) electrons. The molecule has 3 aromatic rings. The van der Waals surface area contributed by atoms with Crippen LogP contribution in [0.25, 0.3) is 11.3 Å². The van der Waals surface area contributed by atoms with Gasteiger partial charge in [0.05, 0.1) is 22.2 Å². The molecular weight excluding hydrogens is 447 g/mol. The van der Waals surface area contributed by atoms with E-state index >= 15 is 0 Å². The van der Waals surface area contributed by atoms with Crippen molar-refractivity contribution in [1.29, 1.82) is 0 Å². The van der Waals surface area contributed by atoms with Gasteiger partial charge in [-0.25, -0.2) is 4.98 Å². The Labute approximate surface area is 188 Å². The molecule has 1 aromatic heterocycles. The summed E-state index contributed by atoms with van der Waals surface area (Å²) in [4.78, 5) is 19.2. The average molecular weight is 467 g/mol.